The van der Waals surface area contributed by atoms with E-state index >= 15 is 0 Å². The summed E-state index contributed by atoms with van der Waals surface area (Å²) in [6.45, 7) is 8.53. The number of piperidine rings is 1. The molecule has 0 bridgehead atoms. The van der Waals surface area contributed by atoms with Gasteiger partial charge in [-0.2, -0.15) is 0 Å². The molecule has 5 heteroatoms. The molecule has 5 nitrogen and oxygen atoms in total. The summed E-state index contributed by atoms with van der Waals surface area (Å²) < 4.78 is 5.85. The second-order valence-corrected chi connectivity index (χ2v) is 9.05. The summed E-state index contributed by atoms with van der Waals surface area (Å²) in [5, 5.41) is 7.49. The zero-order valence-electron chi connectivity index (χ0n) is 17.6. The number of aryl methyl sites for hydroxylation is 1. The maximum absolute atomic E-state index is 5.85. The Morgan fingerprint density at radius 2 is 2.07 bits per heavy atom. The Balaban J connectivity index is 1.57. The fourth-order valence-corrected chi connectivity index (χ4v) is 5.58. The average molecular weight is 387 g/mol. The van der Waals surface area contributed by atoms with Gasteiger partial charge in [-0.25, -0.2) is 10.9 Å². The number of nitrogens with one attached hydrogen (secondary N) is 4. The Kier molecular flexibility index (Phi) is 6.69. The van der Waals surface area contributed by atoms with Crippen LogP contribution in [0.3, 0.4) is 0 Å². The van der Waals surface area contributed by atoms with Crippen molar-refractivity contribution in [1.82, 2.24) is 21.5 Å². The first-order valence-electron chi connectivity index (χ1n) is 11.4. The van der Waals surface area contributed by atoms with E-state index in [0.29, 0.717) is 18.1 Å². The predicted octanol–water partition coefficient (Wildman–Crippen LogP) is 3.02. The van der Waals surface area contributed by atoms with Crippen molar-refractivity contribution in [3.8, 4) is 0 Å². The van der Waals surface area contributed by atoms with Gasteiger partial charge in [0.15, 0.2) is 0 Å². The molecule has 0 aromatic heterocycles. The zero-order valence-corrected chi connectivity index (χ0v) is 17.6. The summed E-state index contributed by atoms with van der Waals surface area (Å²) in [4.78, 5) is 0. The zero-order chi connectivity index (χ0) is 19.4. The molecule has 3 saturated heterocycles. The lowest BCUT2D eigenvalue weighted by Gasteiger charge is -2.56. The van der Waals surface area contributed by atoms with Crippen molar-refractivity contribution in [3.63, 3.8) is 0 Å². The summed E-state index contributed by atoms with van der Waals surface area (Å²) in [5.74, 6) is 0.557. The van der Waals surface area contributed by atoms with Crippen molar-refractivity contribution >= 4 is 0 Å². The summed E-state index contributed by atoms with van der Waals surface area (Å²) in [5.41, 5.74) is 10.4. The molecule has 4 N–H and O–H groups in total. The Bertz CT molecular complexity index is 616. The second kappa shape index (κ2) is 9.23. The van der Waals surface area contributed by atoms with Gasteiger partial charge in [-0.05, 0) is 50.1 Å². The fourth-order valence-electron chi connectivity index (χ4n) is 5.58. The molecule has 3 heterocycles. The molecule has 3 fully saturated rings. The predicted molar refractivity (Wildman–Crippen MR) is 114 cm³/mol. The minimum atomic E-state index is 0.274. The highest BCUT2D eigenvalue weighted by Crippen LogP contribution is 2.51. The van der Waals surface area contributed by atoms with Gasteiger partial charge in [-0.1, -0.05) is 49.6 Å². The highest BCUT2D eigenvalue weighted by molar-refractivity contribution is 5.27. The van der Waals surface area contributed by atoms with Crippen LogP contribution in [0, 0.1) is 18.3 Å². The monoisotopic (exact) mass is 386 g/mol. The van der Waals surface area contributed by atoms with Gasteiger partial charge < -0.3 is 10.1 Å². The molecule has 0 saturated carbocycles. The van der Waals surface area contributed by atoms with E-state index in [-0.39, 0.29) is 11.6 Å². The van der Waals surface area contributed by atoms with Gasteiger partial charge in [-0.3, -0.25) is 5.32 Å². The lowest BCUT2D eigenvalue weighted by atomic mass is 9.60. The van der Waals surface area contributed by atoms with Crippen LogP contribution in [0.1, 0.15) is 62.6 Å². The van der Waals surface area contributed by atoms with E-state index in [1.807, 2.05) is 0 Å². The van der Waals surface area contributed by atoms with Crippen molar-refractivity contribution in [3.05, 3.63) is 35.4 Å². The number of fused-ring (bicyclic) bond motifs is 1. The third-order valence-corrected chi connectivity index (χ3v) is 7.23. The van der Waals surface area contributed by atoms with Crippen LogP contribution < -0.4 is 21.5 Å². The lowest BCUT2D eigenvalue weighted by Crippen LogP contribution is -2.70. The van der Waals surface area contributed by atoms with Crippen LogP contribution in [-0.2, 0) is 4.74 Å². The third kappa shape index (κ3) is 4.14. The first-order chi connectivity index (χ1) is 13.7. The van der Waals surface area contributed by atoms with Crippen LogP contribution in [-0.4, -0.2) is 38.5 Å². The maximum atomic E-state index is 5.85. The summed E-state index contributed by atoms with van der Waals surface area (Å²) in [6.07, 6.45) is 8.08. The number of ether oxygens (including phenoxy) is 1. The highest BCUT2D eigenvalue weighted by Gasteiger charge is 2.52. The number of hydrogen-bond donors (Lipinski definition) is 4. The minimum absolute atomic E-state index is 0.274. The topological polar surface area (TPSA) is 57.4 Å². The molecule has 4 unspecified atom stereocenters. The number of hydrazine groups is 1. The van der Waals surface area contributed by atoms with E-state index in [4.69, 9.17) is 4.74 Å². The van der Waals surface area contributed by atoms with Crippen LogP contribution in [0.2, 0.25) is 0 Å². The molecule has 4 rings (SSSR count). The quantitative estimate of drug-likeness (QED) is 0.580. The van der Waals surface area contributed by atoms with E-state index in [0.717, 1.165) is 26.2 Å². The van der Waals surface area contributed by atoms with Crippen molar-refractivity contribution in [2.75, 3.05) is 26.2 Å². The molecule has 0 amide bonds. The Morgan fingerprint density at radius 1 is 1.21 bits per heavy atom. The summed E-state index contributed by atoms with van der Waals surface area (Å²) >= 11 is 0. The van der Waals surface area contributed by atoms with Gasteiger partial charge in [0, 0.05) is 25.6 Å². The maximum Gasteiger partial charge on any atom is 0.0751 e. The van der Waals surface area contributed by atoms with Crippen molar-refractivity contribution in [1.29, 1.82) is 0 Å². The molecule has 156 valence electrons. The van der Waals surface area contributed by atoms with Gasteiger partial charge in [0.1, 0.15) is 0 Å². The van der Waals surface area contributed by atoms with Gasteiger partial charge in [0.05, 0.1) is 18.3 Å². The van der Waals surface area contributed by atoms with Crippen molar-refractivity contribution < 1.29 is 4.74 Å². The van der Waals surface area contributed by atoms with E-state index in [1.54, 1.807) is 0 Å². The van der Waals surface area contributed by atoms with E-state index in [2.05, 4.69) is 59.6 Å². The van der Waals surface area contributed by atoms with Gasteiger partial charge in [-0.15, -0.1) is 0 Å². The first-order valence-corrected chi connectivity index (χ1v) is 11.4. The van der Waals surface area contributed by atoms with Crippen LogP contribution in [0.15, 0.2) is 24.3 Å². The molecular formula is C23H38N4O. The van der Waals surface area contributed by atoms with E-state index < -0.39 is 0 Å². The van der Waals surface area contributed by atoms with E-state index in [1.165, 1.54) is 49.7 Å². The number of rotatable bonds is 7. The van der Waals surface area contributed by atoms with Gasteiger partial charge >= 0.3 is 0 Å². The Labute approximate surface area is 170 Å². The highest BCUT2D eigenvalue weighted by atomic mass is 16.5. The number of benzene rings is 1. The lowest BCUT2D eigenvalue weighted by molar-refractivity contribution is -0.0401. The van der Waals surface area contributed by atoms with Crippen molar-refractivity contribution in [2.24, 2.45) is 11.3 Å². The van der Waals surface area contributed by atoms with E-state index in [9.17, 15) is 0 Å². The van der Waals surface area contributed by atoms with Crippen LogP contribution >= 0.6 is 0 Å². The molecule has 28 heavy (non-hydrogen) atoms. The molecular weight excluding hydrogens is 348 g/mol. The van der Waals surface area contributed by atoms with Crippen LogP contribution in [0.4, 0.5) is 0 Å². The molecule has 0 aliphatic carbocycles. The molecule has 5 atom stereocenters. The molecule has 1 aromatic rings. The summed E-state index contributed by atoms with van der Waals surface area (Å²) in [6, 6.07) is 9.50. The molecule has 0 radical (unpaired) electrons. The first kappa shape index (κ1) is 20.3. The number of hydrogen-bond acceptors (Lipinski definition) is 5. The van der Waals surface area contributed by atoms with Crippen LogP contribution in [0.5, 0.6) is 0 Å². The minimum Gasteiger partial charge on any atom is -0.377 e. The second-order valence-electron chi connectivity index (χ2n) is 9.05. The fraction of sp³-hybridized carbons (Fsp3) is 0.739. The smallest absolute Gasteiger partial charge is 0.0751 e. The normalized spacial score (nSPS) is 35.6. The Morgan fingerprint density at radius 3 is 2.82 bits per heavy atom. The molecule has 3 aliphatic heterocycles. The third-order valence-electron chi connectivity index (χ3n) is 7.23. The Hall–Kier alpha value is -0.980. The average Bonchev–Trinajstić information content (AvgIpc) is 3.25. The molecule has 0 spiro atoms. The SMILES string of the molecule is CCCCC12CCNCC1C(NC[C@H]1CCCO1)NNC2c1ccc(C)cc1. The molecule has 3 aliphatic rings. The van der Waals surface area contributed by atoms with Gasteiger partial charge in [0.25, 0.3) is 0 Å². The summed E-state index contributed by atoms with van der Waals surface area (Å²) in [7, 11) is 0. The van der Waals surface area contributed by atoms with Gasteiger partial charge in [0.2, 0.25) is 0 Å². The molecule has 1 aromatic carbocycles. The number of unbranched alkanes of at least 4 members (excludes halogenated alkanes) is 1. The van der Waals surface area contributed by atoms with Crippen molar-refractivity contribution in [2.45, 2.75) is 70.7 Å². The standard InChI is InChI=1S/C23H38N4O/c1-3-4-11-23-12-13-24-16-20(23)22(25-15-19-6-5-14-28-19)27-26-21(23)18-9-7-17(2)8-10-18/h7-10,19-22,24-27H,3-6,11-16H2,1-2H3/t19-,20?,21?,22?,23?/m1/s1. The largest absolute Gasteiger partial charge is 0.377 e. The van der Waals surface area contributed by atoms with Crippen LogP contribution in [0.25, 0.3) is 0 Å².